The number of benzene rings is 1. The number of aromatic nitrogens is 2. The summed E-state index contributed by atoms with van der Waals surface area (Å²) in [5, 5.41) is 4.60. The Labute approximate surface area is 126 Å². The lowest BCUT2D eigenvalue weighted by atomic mass is 10.0. The van der Waals surface area contributed by atoms with Gasteiger partial charge in [-0.15, -0.1) is 0 Å². The van der Waals surface area contributed by atoms with Gasteiger partial charge in [-0.25, -0.2) is 4.98 Å². The number of ether oxygens (including phenoxy) is 1. The first-order chi connectivity index (χ1) is 10.2. The zero-order chi connectivity index (χ0) is 14.8. The first kappa shape index (κ1) is 13.5. The molecule has 0 fully saturated rings. The summed E-state index contributed by atoms with van der Waals surface area (Å²) >= 11 is 6.25. The Balaban J connectivity index is 2.25. The van der Waals surface area contributed by atoms with Crippen LogP contribution in [0.3, 0.4) is 0 Å². The summed E-state index contributed by atoms with van der Waals surface area (Å²) in [6.45, 7) is 0. The molecule has 2 heterocycles. The smallest absolute Gasteiger partial charge is 0.230 e. The first-order valence-electron chi connectivity index (χ1n) is 6.21. The third kappa shape index (κ3) is 2.32. The number of halogens is 1. The Hall–Kier alpha value is -2.53. The summed E-state index contributed by atoms with van der Waals surface area (Å²) in [4.78, 5) is 4.16. The number of hydrogen-bond donors (Lipinski definition) is 1. The van der Waals surface area contributed by atoms with Crippen molar-refractivity contribution in [2.24, 2.45) is 0 Å². The molecule has 1 aromatic carbocycles. The molecule has 0 atom stereocenters. The third-order valence-corrected chi connectivity index (χ3v) is 3.41. The molecule has 0 unspecified atom stereocenters. The number of pyridine rings is 1. The molecule has 2 aromatic heterocycles. The van der Waals surface area contributed by atoms with Gasteiger partial charge in [-0.2, -0.15) is 0 Å². The first-order valence-corrected chi connectivity index (χ1v) is 6.59. The molecule has 3 rings (SSSR count). The number of nitrogens with zero attached hydrogens (tertiary/aromatic N) is 2. The molecule has 0 amide bonds. The van der Waals surface area contributed by atoms with E-state index in [4.69, 9.17) is 26.6 Å². The highest BCUT2D eigenvalue weighted by molar-refractivity contribution is 6.33. The summed E-state index contributed by atoms with van der Waals surface area (Å²) in [7, 11) is 1.55. The van der Waals surface area contributed by atoms with Crippen molar-refractivity contribution in [3.63, 3.8) is 0 Å². The van der Waals surface area contributed by atoms with Gasteiger partial charge in [0.05, 0.1) is 18.2 Å². The second-order valence-electron chi connectivity index (χ2n) is 4.31. The van der Waals surface area contributed by atoms with Crippen LogP contribution in [0.1, 0.15) is 0 Å². The highest BCUT2D eigenvalue weighted by Gasteiger charge is 2.22. The Morgan fingerprint density at radius 1 is 1.14 bits per heavy atom. The molecule has 0 bridgehead atoms. The Morgan fingerprint density at radius 3 is 2.67 bits per heavy atom. The van der Waals surface area contributed by atoms with E-state index in [2.05, 4.69) is 10.1 Å². The topological polar surface area (TPSA) is 74.2 Å². The molecule has 6 heteroatoms. The van der Waals surface area contributed by atoms with Crippen LogP contribution in [0.4, 0.5) is 5.88 Å². The van der Waals surface area contributed by atoms with Crippen LogP contribution in [0, 0.1) is 0 Å². The fraction of sp³-hybridized carbons (Fsp3) is 0.0667. The molecular formula is C15H12ClN3O2. The normalized spacial score (nSPS) is 10.6. The monoisotopic (exact) mass is 301 g/mol. The quantitative estimate of drug-likeness (QED) is 0.799. The van der Waals surface area contributed by atoms with Crippen molar-refractivity contribution in [1.82, 2.24) is 10.1 Å². The number of nitrogen functional groups attached to an aromatic ring is 1. The van der Waals surface area contributed by atoms with Crippen LogP contribution >= 0.6 is 11.6 Å². The lowest BCUT2D eigenvalue weighted by molar-refractivity contribution is 0.398. The number of nitrogens with two attached hydrogens (primary N) is 1. The van der Waals surface area contributed by atoms with Gasteiger partial charge in [-0.05, 0) is 18.2 Å². The van der Waals surface area contributed by atoms with Gasteiger partial charge < -0.3 is 15.0 Å². The van der Waals surface area contributed by atoms with Crippen molar-refractivity contribution in [2.45, 2.75) is 0 Å². The largest absolute Gasteiger partial charge is 0.481 e. The molecule has 2 N–H and O–H groups in total. The lowest BCUT2D eigenvalue weighted by Crippen LogP contribution is -1.93. The maximum absolute atomic E-state index is 6.25. The van der Waals surface area contributed by atoms with Crippen LogP contribution in [-0.2, 0) is 0 Å². The molecule has 0 saturated heterocycles. The van der Waals surface area contributed by atoms with Gasteiger partial charge >= 0.3 is 0 Å². The van der Waals surface area contributed by atoms with E-state index < -0.39 is 0 Å². The molecular weight excluding hydrogens is 290 g/mol. The molecule has 21 heavy (non-hydrogen) atoms. The summed E-state index contributed by atoms with van der Waals surface area (Å²) in [5.74, 6) is 0.642. The van der Waals surface area contributed by atoms with E-state index in [1.54, 1.807) is 25.4 Å². The Kier molecular flexibility index (Phi) is 3.50. The van der Waals surface area contributed by atoms with Gasteiger partial charge in [-0.3, -0.25) is 0 Å². The van der Waals surface area contributed by atoms with Crippen molar-refractivity contribution in [3.05, 3.63) is 47.6 Å². The molecule has 0 spiro atoms. The van der Waals surface area contributed by atoms with Crippen molar-refractivity contribution < 1.29 is 9.26 Å². The SMILES string of the molecule is COc1ncccc1-c1noc(N)c1-c1ccccc1Cl. The number of rotatable bonds is 3. The van der Waals surface area contributed by atoms with E-state index in [9.17, 15) is 0 Å². The Morgan fingerprint density at radius 2 is 1.90 bits per heavy atom. The van der Waals surface area contributed by atoms with E-state index in [1.807, 2.05) is 24.3 Å². The molecule has 106 valence electrons. The maximum atomic E-state index is 6.25. The van der Waals surface area contributed by atoms with E-state index >= 15 is 0 Å². The second-order valence-corrected chi connectivity index (χ2v) is 4.72. The summed E-state index contributed by atoms with van der Waals surface area (Å²) < 4.78 is 10.4. The Bertz CT molecular complexity index is 786. The van der Waals surface area contributed by atoms with E-state index in [0.717, 1.165) is 5.56 Å². The molecule has 0 saturated carbocycles. The van der Waals surface area contributed by atoms with Crippen molar-refractivity contribution in [2.75, 3.05) is 12.8 Å². The predicted octanol–water partition coefficient (Wildman–Crippen LogP) is 3.65. The third-order valence-electron chi connectivity index (χ3n) is 3.08. The molecule has 0 aliphatic rings. The molecule has 3 aromatic rings. The van der Waals surface area contributed by atoms with Crippen molar-refractivity contribution in [1.29, 1.82) is 0 Å². The van der Waals surface area contributed by atoms with Crippen LogP contribution in [0.25, 0.3) is 22.4 Å². The van der Waals surface area contributed by atoms with Gasteiger partial charge in [0.1, 0.15) is 5.69 Å². The van der Waals surface area contributed by atoms with Gasteiger partial charge in [0.2, 0.25) is 11.8 Å². The van der Waals surface area contributed by atoms with Crippen LogP contribution < -0.4 is 10.5 Å². The van der Waals surface area contributed by atoms with Crippen molar-refractivity contribution in [3.8, 4) is 28.3 Å². The second kappa shape index (κ2) is 5.46. The number of methoxy groups -OCH3 is 1. The summed E-state index contributed by atoms with van der Waals surface area (Å²) in [6.07, 6.45) is 1.64. The van der Waals surface area contributed by atoms with Gasteiger partial charge in [0.25, 0.3) is 0 Å². The van der Waals surface area contributed by atoms with Gasteiger partial charge in [-0.1, -0.05) is 35.0 Å². The van der Waals surface area contributed by atoms with Crippen LogP contribution in [0.2, 0.25) is 5.02 Å². The molecule has 0 aliphatic heterocycles. The fourth-order valence-corrected chi connectivity index (χ4v) is 2.37. The molecule has 0 radical (unpaired) electrons. The van der Waals surface area contributed by atoms with E-state index in [-0.39, 0.29) is 5.88 Å². The fourth-order valence-electron chi connectivity index (χ4n) is 2.14. The zero-order valence-corrected chi connectivity index (χ0v) is 12.0. The minimum atomic E-state index is 0.198. The van der Waals surface area contributed by atoms with Gasteiger partial charge in [0.15, 0.2) is 0 Å². The standard InChI is InChI=1S/C15H12ClN3O2/c1-20-15-10(6-4-8-18-15)13-12(14(17)21-19-13)9-5-2-3-7-11(9)16/h2-8H,17H2,1H3. The van der Waals surface area contributed by atoms with Crippen molar-refractivity contribution >= 4 is 17.5 Å². The average Bonchev–Trinajstić information content (AvgIpc) is 2.89. The maximum Gasteiger partial charge on any atom is 0.230 e. The van der Waals surface area contributed by atoms with E-state index in [0.29, 0.717) is 27.7 Å². The van der Waals surface area contributed by atoms with Crippen LogP contribution in [0.5, 0.6) is 5.88 Å². The average molecular weight is 302 g/mol. The lowest BCUT2D eigenvalue weighted by Gasteiger charge is -2.07. The van der Waals surface area contributed by atoms with Gasteiger partial charge in [0, 0.05) is 16.8 Å². The van der Waals surface area contributed by atoms with E-state index in [1.165, 1.54) is 0 Å². The minimum absolute atomic E-state index is 0.198. The highest BCUT2D eigenvalue weighted by Crippen LogP contribution is 2.41. The predicted molar refractivity (Wildman–Crippen MR) is 81.1 cm³/mol. The minimum Gasteiger partial charge on any atom is -0.481 e. The molecule has 5 nitrogen and oxygen atoms in total. The van der Waals surface area contributed by atoms with Crippen LogP contribution in [0.15, 0.2) is 47.1 Å². The summed E-state index contributed by atoms with van der Waals surface area (Å²) in [6, 6.07) is 11.0. The zero-order valence-electron chi connectivity index (χ0n) is 11.2. The highest BCUT2D eigenvalue weighted by atomic mass is 35.5. The molecule has 0 aliphatic carbocycles. The number of hydrogen-bond acceptors (Lipinski definition) is 5. The van der Waals surface area contributed by atoms with Crippen LogP contribution in [-0.4, -0.2) is 17.3 Å². The number of anilines is 1. The summed E-state index contributed by atoms with van der Waals surface area (Å²) in [5.41, 5.74) is 8.54.